The smallest absolute Gasteiger partial charge is 0.310 e. The summed E-state index contributed by atoms with van der Waals surface area (Å²) in [5, 5.41) is 0. The van der Waals surface area contributed by atoms with Gasteiger partial charge in [-0.15, -0.1) is 0 Å². The van der Waals surface area contributed by atoms with Gasteiger partial charge in [0.15, 0.2) is 6.10 Å². The van der Waals surface area contributed by atoms with E-state index in [-0.39, 0.29) is 38.0 Å². The number of esters is 3. The third-order valence-corrected chi connectivity index (χ3v) is 9.57. The van der Waals surface area contributed by atoms with Crippen LogP contribution >= 0.6 is 0 Å². The van der Waals surface area contributed by atoms with Crippen LogP contribution in [0, 0.1) is 0 Å². The van der Waals surface area contributed by atoms with Crippen LogP contribution in [-0.4, -0.2) is 37.2 Å². The molecule has 0 saturated heterocycles. The largest absolute Gasteiger partial charge is 0.462 e. The lowest BCUT2D eigenvalue weighted by Gasteiger charge is -2.18. The van der Waals surface area contributed by atoms with E-state index >= 15 is 0 Å². The van der Waals surface area contributed by atoms with Crippen LogP contribution in [0.4, 0.5) is 0 Å². The van der Waals surface area contributed by atoms with Gasteiger partial charge in [0.05, 0.1) is 6.42 Å². The van der Waals surface area contributed by atoms with E-state index in [1.807, 2.05) is 6.08 Å². The van der Waals surface area contributed by atoms with Crippen molar-refractivity contribution in [3.05, 3.63) is 146 Å². The molecule has 64 heavy (non-hydrogen) atoms. The molecule has 0 fully saturated rings. The molecule has 0 bridgehead atoms. The van der Waals surface area contributed by atoms with Crippen molar-refractivity contribution in [3.8, 4) is 0 Å². The minimum absolute atomic E-state index is 0.0783. The lowest BCUT2D eigenvalue weighted by atomic mass is 10.1. The summed E-state index contributed by atoms with van der Waals surface area (Å²) in [7, 11) is 0. The van der Waals surface area contributed by atoms with E-state index in [0.29, 0.717) is 19.3 Å². The Bertz CT molecular complexity index is 1480. The molecule has 0 rings (SSSR count). The van der Waals surface area contributed by atoms with Crippen molar-refractivity contribution in [1.29, 1.82) is 0 Å². The first kappa shape index (κ1) is 59.3. The summed E-state index contributed by atoms with van der Waals surface area (Å²) < 4.78 is 16.6. The maximum atomic E-state index is 12.7. The van der Waals surface area contributed by atoms with Gasteiger partial charge in [0.25, 0.3) is 0 Å². The second-order valence-corrected chi connectivity index (χ2v) is 15.6. The summed E-state index contributed by atoms with van der Waals surface area (Å²) in [6.07, 6.45) is 72.9. The summed E-state index contributed by atoms with van der Waals surface area (Å²) in [5.41, 5.74) is 0. The molecule has 6 nitrogen and oxygen atoms in total. The van der Waals surface area contributed by atoms with Gasteiger partial charge in [-0.3, -0.25) is 14.4 Å². The van der Waals surface area contributed by atoms with Gasteiger partial charge in [0, 0.05) is 12.8 Å². The van der Waals surface area contributed by atoms with Crippen LogP contribution in [0.15, 0.2) is 146 Å². The van der Waals surface area contributed by atoms with Gasteiger partial charge in [-0.25, -0.2) is 0 Å². The topological polar surface area (TPSA) is 78.9 Å². The standard InChI is InChI=1S/C58H88O6/c1-4-7-10-13-16-19-22-24-26-27-28-29-30-31-33-34-36-39-42-45-48-51-57(60)63-54-55(53-62-56(59)50-47-44-41-38-21-18-15-12-9-6-3)64-58(61)52-49-46-43-40-37-35-32-25-23-20-17-14-11-8-5-2/h7-8,10-12,15-17,19-20,24-26,28-29,31-33,36-37,39-40,46,49,55H,4-6,9,13-14,18,21-23,27,30,34-35,38,41-45,47-48,50-54H2,1-3H3/b10-7-,11-8-,15-12-,19-16-,20-17-,26-24-,29-28-,32-25-,33-31-,39-36-,40-37-,49-46-. The van der Waals surface area contributed by atoms with Crippen LogP contribution in [0.3, 0.4) is 0 Å². The van der Waals surface area contributed by atoms with Crippen LogP contribution in [0.2, 0.25) is 0 Å². The van der Waals surface area contributed by atoms with Gasteiger partial charge in [-0.2, -0.15) is 0 Å². The second-order valence-electron chi connectivity index (χ2n) is 15.6. The Morgan fingerprint density at radius 3 is 1.08 bits per heavy atom. The number of hydrogen-bond acceptors (Lipinski definition) is 6. The van der Waals surface area contributed by atoms with Gasteiger partial charge in [-0.05, 0) is 116 Å². The molecule has 0 N–H and O–H groups in total. The van der Waals surface area contributed by atoms with Crippen molar-refractivity contribution in [2.45, 2.75) is 187 Å². The number of unbranched alkanes of at least 4 members (excludes halogenated alkanes) is 8. The highest BCUT2D eigenvalue weighted by Gasteiger charge is 2.19. The number of carbonyl (C=O) groups is 3. The molecule has 0 aromatic heterocycles. The normalized spacial score (nSPS) is 13.4. The predicted molar refractivity (Wildman–Crippen MR) is 274 cm³/mol. The molecule has 0 amide bonds. The van der Waals surface area contributed by atoms with Crippen molar-refractivity contribution in [3.63, 3.8) is 0 Å². The third kappa shape index (κ3) is 48.3. The quantitative estimate of drug-likeness (QED) is 0.0263. The first-order chi connectivity index (χ1) is 31.5. The molecule has 0 saturated carbocycles. The van der Waals surface area contributed by atoms with E-state index in [4.69, 9.17) is 14.2 Å². The lowest BCUT2D eigenvalue weighted by Crippen LogP contribution is -2.30. The molecule has 0 spiro atoms. The Morgan fingerprint density at radius 1 is 0.344 bits per heavy atom. The molecule has 0 heterocycles. The molecule has 0 aromatic carbocycles. The van der Waals surface area contributed by atoms with E-state index in [2.05, 4.69) is 154 Å². The number of ether oxygens (including phenoxy) is 3. The van der Waals surface area contributed by atoms with Crippen molar-refractivity contribution in [1.82, 2.24) is 0 Å². The maximum Gasteiger partial charge on any atom is 0.310 e. The zero-order chi connectivity index (χ0) is 46.5. The molecule has 0 aliphatic rings. The predicted octanol–water partition coefficient (Wildman–Crippen LogP) is 16.5. The van der Waals surface area contributed by atoms with Crippen molar-refractivity contribution < 1.29 is 28.6 Å². The minimum Gasteiger partial charge on any atom is -0.462 e. The summed E-state index contributed by atoms with van der Waals surface area (Å²) in [6.45, 7) is 6.18. The molecule has 0 radical (unpaired) electrons. The van der Waals surface area contributed by atoms with Gasteiger partial charge in [0.2, 0.25) is 0 Å². The van der Waals surface area contributed by atoms with Crippen LogP contribution in [0.25, 0.3) is 0 Å². The number of allylic oxidation sites excluding steroid dienone is 23. The van der Waals surface area contributed by atoms with Gasteiger partial charge >= 0.3 is 17.9 Å². The van der Waals surface area contributed by atoms with Crippen LogP contribution in [0.1, 0.15) is 181 Å². The van der Waals surface area contributed by atoms with Crippen molar-refractivity contribution in [2.75, 3.05) is 13.2 Å². The van der Waals surface area contributed by atoms with Crippen molar-refractivity contribution >= 4 is 17.9 Å². The fourth-order valence-electron chi connectivity index (χ4n) is 5.93. The van der Waals surface area contributed by atoms with E-state index in [1.165, 1.54) is 12.8 Å². The van der Waals surface area contributed by atoms with Crippen LogP contribution < -0.4 is 0 Å². The minimum atomic E-state index is -0.859. The molecular formula is C58H88O6. The summed E-state index contributed by atoms with van der Waals surface area (Å²) in [5.74, 6) is -1.14. The Labute approximate surface area is 391 Å². The molecule has 0 aliphatic heterocycles. The summed E-state index contributed by atoms with van der Waals surface area (Å²) in [6, 6.07) is 0. The Morgan fingerprint density at radius 2 is 0.656 bits per heavy atom. The highest BCUT2D eigenvalue weighted by atomic mass is 16.6. The van der Waals surface area contributed by atoms with Crippen molar-refractivity contribution in [2.24, 2.45) is 0 Å². The molecule has 0 aliphatic carbocycles. The van der Waals surface area contributed by atoms with Crippen LogP contribution in [-0.2, 0) is 28.6 Å². The molecule has 0 aromatic rings. The molecule has 356 valence electrons. The Balaban J connectivity index is 4.58. The number of rotatable bonds is 42. The number of carbonyl (C=O) groups excluding carboxylic acids is 3. The van der Waals surface area contributed by atoms with Gasteiger partial charge < -0.3 is 14.2 Å². The van der Waals surface area contributed by atoms with Gasteiger partial charge in [0.1, 0.15) is 13.2 Å². The van der Waals surface area contributed by atoms with E-state index in [1.54, 1.807) is 6.08 Å². The Hall–Kier alpha value is -4.71. The van der Waals surface area contributed by atoms with E-state index < -0.39 is 12.1 Å². The van der Waals surface area contributed by atoms with E-state index in [0.717, 1.165) is 116 Å². The second kappa shape index (κ2) is 50.9. The fraction of sp³-hybridized carbons (Fsp3) is 0.534. The lowest BCUT2D eigenvalue weighted by molar-refractivity contribution is -0.166. The fourth-order valence-corrected chi connectivity index (χ4v) is 5.93. The molecule has 1 atom stereocenters. The summed E-state index contributed by atoms with van der Waals surface area (Å²) >= 11 is 0. The first-order valence-corrected chi connectivity index (χ1v) is 24.8. The van der Waals surface area contributed by atoms with Gasteiger partial charge in [-0.1, -0.05) is 192 Å². The number of hydrogen-bond donors (Lipinski definition) is 0. The average Bonchev–Trinajstić information content (AvgIpc) is 3.29. The zero-order valence-corrected chi connectivity index (χ0v) is 40.5. The SMILES string of the molecule is CC/C=C\C/C=C\C/C=C\C/C=C\C/C=C\C/C=C\CCCCC(=O)OCC(COC(=O)CCCCCCC/C=C\CCC)OC(=O)C/C=C\C/C=C\C/C=C\C/C=C\C/C=C\CC. The highest BCUT2D eigenvalue weighted by molar-refractivity contribution is 5.72. The average molecular weight is 881 g/mol. The first-order valence-electron chi connectivity index (χ1n) is 24.8. The maximum absolute atomic E-state index is 12.7. The zero-order valence-electron chi connectivity index (χ0n) is 40.5. The monoisotopic (exact) mass is 881 g/mol. The molecule has 1 unspecified atom stereocenters. The molecule has 6 heteroatoms. The van der Waals surface area contributed by atoms with E-state index in [9.17, 15) is 14.4 Å². The van der Waals surface area contributed by atoms with Crippen LogP contribution in [0.5, 0.6) is 0 Å². The highest BCUT2D eigenvalue weighted by Crippen LogP contribution is 2.10. The Kier molecular flexibility index (Phi) is 47.2. The third-order valence-electron chi connectivity index (χ3n) is 9.57. The summed E-state index contributed by atoms with van der Waals surface area (Å²) in [4.78, 5) is 37.8. The molecular weight excluding hydrogens is 793 g/mol.